The number of carbonyl (C=O) groups excluding carboxylic acids is 2. The van der Waals surface area contributed by atoms with E-state index in [9.17, 15) is 9.59 Å². The molecule has 0 radical (unpaired) electrons. The van der Waals surface area contributed by atoms with Gasteiger partial charge in [-0.15, -0.1) is 0 Å². The Morgan fingerprint density at radius 1 is 1.50 bits per heavy atom. The van der Waals surface area contributed by atoms with E-state index in [2.05, 4.69) is 5.10 Å². The molecule has 0 aromatic heterocycles. The van der Waals surface area contributed by atoms with Crippen molar-refractivity contribution >= 4 is 17.3 Å². The Morgan fingerprint density at radius 3 is 3.00 bits per heavy atom. The number of Topliss-reactive ketones (excluding diaryl/α,β-unsaturated/α-hetero) is 1. The fourth-order valence-electron chi connectivity index (χ4n) is 1.85. The molecule has 5 heteroatoms. The molecule has 2 aliphatic rings. The van der Waals surface area contributed by atoms with Gasteiger partial charge >= 0.3 is 0 Å². The van der Waals surface area contributed by atoms with E-state index >= 15 is 0 Å². The SMILES string of the molecule is N#CC1=NN(C2C=CC(=O)CC2=O)CCC1. The Kier molecular flexibility index (Phi) is 2.82. The predicted molar refractivity (Wildman–Crippen MR) is 56.5 cm³/mol. The number of hydrazone groups is 1. The number of hydrogen-bond donors (Lipinski definition) is 0. The first-order valence-corrected chi connectivity index (χ1v) is 5.18. The molecule has 5 nitrogen and oxygen atoms in total. The summed E-state index contributed by atoms with van der Waals surface area (Å²) in [5.41, 5.74) is 0.448. The number of ketones is 2. The molecule has 0 amide bonds. The van der Waals surface area contributed by atoms with Gasteiger partial charge < -0.3 is 0 Å². The van der Waals surface area contributed by atoms with Gasteiger partial charge in [0.1, 0.15) is 17.8 Å². The average molecular weight is 217 g/mol. The molecule has 2 rings (SSSR count). The van der Waals surface area contributed by atoms with Crippen molar-refractivity contribution in [3.8, 4) is 6.07 Å². The lowest BCUT2D eigenvalue weighted by molar-refractivity contribution is -0.128. The van der Waals surface area contributed by atoms with E-state index in [1.807, 2.05) is 6.07 Å². The van der Waals surface area contributed by atoms with E-state index in [4.69, 9.17) is 5.26 Å². The van der Waals surface area contributed by atoms with Gasteiger partial charge in [-0.25, -0.2) is 0 Å². The maximum Gasteiger partial charge on any atom is 0.168 e. The van der Waals surface area contributed by atoms with Crippen molar-refractivity contribution in [3.63, 3.8) is 0 Å². The molecule has 1 atom stereocenters. The first-order valence-electron chi connectivity index (χ1n) is 5.18. The molecule has 0 saturated carbocycles. The van der Waals surface area contributed by atoms with Crippen molar-refractivity contribution in [1.82, 2.24) is 5.01 Å². The molecule has 0 spiro atoms. The Morgan fingerprint density at radius 2 is 2.31 bits per heavy atom. The molecule has 0 aromatic rings. The smallest absolute Gasteiger partial charge is 0.168 e. The molecule has 1 aliphatic carbocycles. The zero-order chi connectivity index (χ0) is 11.5. The molecule has 0 N–H and O–H groups in total. The van der Waals surface area contributed by atoms with Gasteiger partial charge in [0, 0.05) is 13.0 Å². The van der Waals surface area contributed by atoms with E-state index in [0.717, 1.165) is 6.42 Å². The average Bonchev–Trinajstić information content (AvgIpc) is 2.29. The molecule has 0 bridgehead atoms. The Labute approximate surface area is 93.0 Å². The van der Waals surface area contributed by atoms with Gasteiger partial charge in [0.05, 0.1) is 6.42 Å². The third kappa shape index (κ3) is 2.01. The monoisotopic (exact) mass is 217 g/mol. The highest BCUT2D eigenvalue weighted by Crippen LogP contribution is 2.16. The van der Waals surface area contributed by atoms with Crippen molar-refractivity contribution in [2.24, 2.45) is 5.10 Å². The number of hydrogen-bond acceptors (Lipinski definition) is 5. The summed E-state index contributed by atoms with van der Waals surface area (Å²) in [4.78, 5) is 22.6. The van der Waals surface area contributed by atoms with E-state index in [0.29, 0.717) is 18.7 Å². The number of allylic oxidation sites excluding steroid dienone is 1. The fraction of sp³-hybridized carbons (Fsp3) is 0.455. The number of nitrogens with zero attached hydrogens (tertiary/aromatic N) is 3. The summed E-state index contributed by atoms with van der Waals surface area (Å²) in [5, 5.41) is 14.5. The molecule has 1 aliphatic heterocycles. The van der Waals surface area contributed by atoms with Crippen molar-refractivity contribution in [2.75, 3.05) is 6.54 Å². The third-order valence-electron chi connectivity index (χ3n) is 2.64. The van der Waals surface area contributed by atoms with Gasteiger partial charge in [0.15, 0.2) is 11.6 Å². The maximum atomic E-state index is 11.6. The van der Waals surface area contributed by atoms with E-state index in [-0.39, 0.29) is 18.0 Å². The van der Waals surface area contributed by atoms with Crippen LogP contribution in [-0.2, 0) is 9.59 Å². The van der Waals surface area contributed by atoms with Crippen molar-refractivity contribution in [3.05, 3.63) is 12.2 Å². The molecular formula is C11H11N3O2. The molecule has 0 saturated heterocycles. The van der Waals surface area contributed by atoms with Crippen LogP contribution in [0.25, 0.3) is 0 Å². The maximum absolute atomic E-state index is 11.6. The number of nitriles is 1. The molecule has 82 valence electrons. The normalized spacial score (nSPS) is 25.3. The Hall–Kier alpha value is -1.96. The zero-order valence-corrected chi connectivity index (χ0v) is 8.72. The highest BCUT2D eigenvalue weighted by molar-refractivity contribution is 6.10. The third-order valence-corrected chi connectivity index (χ3v) is 2.64. The van der Waals surface area contributed by atoms with E-state index in [1.165, 1.54) is 6.08 Å². The quantitative estimate of drug-likeness (QED) is 0.597. The molecule has 1 heterocycles. The highest BCUT2D eigenvalue weighted by Gasteiger charge is 2.28. The lowest BCUT2D eigenvalue weighted by Gasteiger charge is -2.30. The van der Waals surface area contributed by atoms with Crippen molar-refractivity contribution in [2.45, 2.75) is 25.3 Å². The van der Waals surface area contributed by atoms with Gasteiger partial charge in [0.2, 0.25) is 0 Å². The van der Waals surface area contributed by atoms with Crippen LogP contribution in [-0.4, -0.2) is 34.9 Å². The Balaban J connectivity index is 2.19. The zero-order valence-electron chi connectivity index (χ0n) is 8.72. The minimum atomic E-state index is -0.471. The summed E-state index contributed by atoms with van der Waals surface area (Å²) >= 11 is 0. The van der Waals surface area contributed by atoms with Crippen LogP contribution in [0.4, 0.5) is 0 Å². The highest BCUT2D eigenvalue weighted by atomic mass is 16.2. The summed E-state index contributed by atoms with van der Waals surface area (Å²) in [5.74, 6) is -0.307. The second-order valence-corrected chi connectivity index (χ2v) is 3.84. The topological polar surface area (TPSA) is 73.5 Å². The van der Waals surface area contributed by atoms with Gasteiger partial charge in [-0.1, -0.05) is 0 Å². The van der Waals surface area contributed by atoms with Gasteiger partial charge in [-0.2, -0.15) is 10.4 Å². The number of rotatable bonds is 1. The minimum absolute atomic E-state index is 0.0604. The molecular weight excluding hydrogens is 206 g/mol. The lowest BCUT2D eigenvalue weighted by Crippen LogP contribution is -2.41. The Bertz CT molecular complexity index is 431. The largest absolute Gasteiger partial charge is 0.296 e. The second-order valence-electron chi connectivity index (χ2n) is 3.84. The first kappa shape index (κ1) is 10.6. The molecule has 16 heavy (non-hydrogen) atoms. The van der Waals surface area contributed by atoms with Gasteiger partial charge in [0.25, 0.3) is 0 Å². The predicted octanol–water partition coefficient (Wildman–Crippen LogP) is 0.428. The van der Waals surface area contributed by atoms with Crippen LogP contribution in [0.15, 0.2) is 17.3 Å². The summed E-state index contributed by atoms with van der Waals surface area (Å²) in [7, 11) is 0. The summed E-state index contributed by atoms with van der Waals surface area (Å²) in [6.07, 6.45) is 4.41. The molecule has 1 unspecified atom stereocenters. The van der Waals surface area contributed by atoms with Crippen LogP contribution in [0.5, 0.6) is 0 Å². The summed E-state index contributed by atoms with van der Waals surface area (Å²) < 4.78 is 0. The second kappa shape index (κ2) is 4.27. The van der Waals surface area contributed by atoms with Crippen LogP contribution >= 0.6 is 0 Å². The van der Waals surface area contributed by atoms with Crippen molar-refractivity contribution in [1.29, 1.82) is 5.26 Å². The number of carbonyl (C=O) groups is 2. The first-order chi connectivity index (χ1) is 7.70. The summed E-state index contributed by atoms with van der Waals surface area (Å²) in [6, 6.07) is 1.53. The van der Waals surface area contributed by atoms with Crippen LogP contribution in [0.2, 0.25) is 0 Å². The summed E-state index contributed by atoms with van der Waals surface area (Å²) in [6.45, 7) is 0.653. The molecule has 0 fully saturated rings. The molecule has 0 aromatic carbocycles. The standard InChI is InChI=1S/C11H11N3O2/c12-7-8-2-1-5-14(13-8)10-4-3-9(15)6-11(10)16/h3-4,10H,1-2,5-6H2. The fourth-order valence-corrected chi connectivity index (χ4v) is 1.85. The van der Waals surface area contributed by atoms with E-state index in [1.54, 1.807) is 11.1 Å². The van der Waals surface area contributed by atoms with Crippen LogP contribution in [0.1, 0.15) is 19.3 Å². The van der Waals surface area contributed by atoms with Crippen LogP contribution in [0.3, 0.4) is 0 Å². The van der Waals surface area contributed by atoms with Gasteiger partial charge in [-0.05, 0) is 18.6 Å². The van der Waals surface area contributed by atoms with Gasteiger partial charge in [-0.3, -0.25) is 14.6 Å². The van der Waals surface area contributed by atoms with Crippen LogP contribution in [0, 0.1) is 11.3 Å². The van der Waals surface area contributed by atoms with E-state index < -0.39 is 6.04 Å². The van der Waals surface area contributed by atoms with Crippen LogP contribution < -0.4 is 0 Å². The van der Waals surface area contributed by atoms with Crippen molar-refractivity contribution < 1.29 is 9.59 Å². The lowest BCUT2D eigenvalue weighted by atomic mass is 9.99. The minimum Gasteiger partial charge on any atom is -0.296 e.